The number of fused-ring (bicyclic) bond motifs is 6. The molecule has 230 valence electrons. The van der Waals surface area contributed by atoms with Crippen LogP contribution in [0.2, 0.25) is 0 Å². The summed E-state index contributed by atoms with van der Waals surface area (Å²) >= 11 is 0. The van der Waals surface area contributed by atoms with Crippen LogP contribution in [-0.2, 0) is 18.0 Å². The van der Waals surface area contributed by atoms with E-state index in [2.05, 4.69) is 29.1 Å². The molecule has 2 aromatic carbocycles. The highest BCUT2D eigenvalue weighted by Gasteiger charge is 2.23. The summed E-state index contributed by atoms with van der Waals surface area (Å²) < 4.78 is 22.6. The maximum atomic E-state index is 11.1. The molecule has 4 aromatic rings. The van der Waals surface area contributed by atoms with Crippen molar-refractivity contribution in [1.29, 1.82) is 0 Å². The van der Waals surface area contributed by atoms with Gasteiger partial charge in [-0.3, -0.25) is 4.79 Å². The van der Waals surface area contributed by atoms with Gasteiger partial charge in [0.2, 0.25) is 5.91 Å². The minimum atomic E-state index is -0.340. The molecule has 0 aliphatic carbocycles. The first-order chi connectivity index (χ1) is 21.0. The highest BCUT2D eigenvalue weighted by molar-refractivity contribution is 5.89. The molecule has 1 amide bonds. The Morgan fingerprint density at radius 3 is 2.14 bits per heavy atom. The molecule has 0 saturated carbocycles. The van der Waals surface area contributed by atoms with Gasteiger partial charge in [0.25, 0.3) is 0 Å². The zero-order chi connectivity index (χ0) is 31.4. The fourth-order valence-corrected chi connectivity index (χ4v) is 5.47. The lowest BCUT2D eigenvalue weighted by Gasteiger charge is -2.27. The van der Waals surface area contributed by atoms with Crippen LogP contribution in [0.4, 0.5) is 11.6 Å². The van der Waals surface area contributed by atoms with Gasteiger partial charge in [-0.15, -0.1) is 0 Å². The van der Waals surface area contributed by atoms with E-state index in [-0.39, 0.29) is 11.4 Å². The van der Waals surface area contributed by atoms with E-state index in [9.17, 15) is 4.79 Å². The number of anilines is 2. The van der Waals surface area contributed by atoms with Crippen molar-refractivity contribution in [2.75, 3.05) is 24.8 Å². The molecule has 0 radical (unpaired) electrons. The van der Waals surface area contributed by atoms with Crippen LogP contribution in [0.3, 0.4) is 0 Å². The van der Waals surface area contributed by atoms with Crippen molar-refractivity contribution in [3.63, 3.8) is 0 Å². The summed E-state index contributed by atoms with van der Waals surface area (Å²) in [5, 5.41) is 2.68. The number of nitrogens with zero attached hydrogens (tertiary/aromatic N) is 2. The highest BCUT2D eigenvalue weighted by atomic mass is 16.5. The van der Waals surface area contributed by atoms with E-state index in [1.54, 1.807) is 19.5 Å². The van der Waals surface area contributed by atoms with E-state index in [0.29, 0.717) is 37.4 Å². The van der Waals surface area contributed by atoms with E-state index >= 15 is 0 Å². The van der Waals surface area contributed by atoms with E-state index in [1.807, 2.05) is 55.5 Å². The minimum Gasteiger partial charge on any atom is -0.497 e. The lowest BCUT2D eigenvalue weighted by atomic mass is 9.93. The number of aromatic nitrogens is 2. The molecule has 5 N–H and O–H groups in total. The minimum absolute atomic E-state index is 0.149. The number of nitrogens with two attached hydrogens (primary N) is 2. The fraction of sp³-hybridized carbons (Fsp3) is 0.324. The van der Waals surface area contributed by atoms with E-state index < -0.39 is 0 Å². The number of nitrogen functional groups attached to an aromatic ring is 1. The number of hydrogen-bond acceptors (Lipinski definition) is 9. The van der Waals surface area contributed by atoms with Crippen LogP contribution < -0.4 is 35.7 Å². The van der Waals surface area contributed by atoms with Crippen molar-refractivity contribution in [1.82, 2.24) is 9.97 Å². The fourth-order valence-electron chi connectivity index (χ4n) is 5.47. The molecule has 2 aliphatic rings. The largest absolute Gasteiger partial charge is 0.497 e. The molecule has 6 rings (SSSR count). The Hall–Kier alpha value is -4.83. The summed E-state index contributed by atoms with van der Waals surface area (Å²) in [6, 6.07) is 15.5. The molecular weight excluding hydrogens is 558 g/mol. The van der Waals surface area contributed by atoms with Gasteiger partial charge >= 0.3 is 0 Å². The first-order valence-electron chi connectivity index (χ1n) is 14.5. The number of rotatable bonds is 7. The molecular formula is C34H39N5O5. The van der Waals surface area contributed by atoms with Crippen LogP contribution in [0.5, 0.6) is 23.0 Å². The zero-order valence-corrected chi connectivity index (χ0v) is 25.8. The number of benzene rings is 2. The van der Waals surface area contributed by atoms with Gasteiger partial charge in [-0.2, -0.15) is 0 Å². The maximum Gasteiger partial charge on any atom is 0.222 e. The van der Waals surface area contributed by atoms with Gasteiger partial charge in [0.1, 0.15) is 54.5 Å². The lowest BCUT2D eigenvalue weighted by Crippen LogP contribution is -2.43. The molecule has 0 unspecified atom stereocenters. The van der Waals surface area contributed by atoms with Gasteiger partial charge in [0, 0.05) is 34.7 Å². The quantitative estimate of drug-likeness (QED) is 0.235. The normalized spacial score (nSPS) is 13.7. The lowest BCUT2D eigenvalue weighted by molar-refractivity contribution is -0.114. The third-order valence-corrected chi connectivity index (χ3v) is 7.24. The molecule has 1 atom stereocenters. The highest BCUT2D eigenvalue weighted by Crippen LogP contribution is 2.40. The number of pyridine rings is 2. The van der Waals surface area contributed by atoms with E-state index in [4.69, 9.17) is 30.4 Å². The first-order valence-corrected chi connectivity index (χ1v) is 14.5. The summed E-state index contributed by atoms with van der Waals surface area (Å²) in [4.78, 5) is 19.3. The van der Waals surface area contributed by atoms with Crippen molar-refractivity contribution in [3.05, 3.63) is 72.1 Å². The molecule has 0 saturated heterocycles. The standard InChI is InChI=1S/C19H25N3O2.C15H14N2O3/c1-12(2)8-19(3,21)11-24-14-4-5-15-13(6-14)10-23-17-9-22-18(20)7-16(15)17;1-9(18)17-15-6-13-12-4-3-11(19-2)5-10(12)8-20-14(13)7-16-15/h4-7,9,12H,8,10-11,21H2,1-3H3,(H2,20,22);3-7H,8H2,1-2H3,(H,16,17,18)/t19-;/m0./s1. The van der Waals surface area contributed by atoms with Crippen molar-refractivity contribution in [2.24, 2.45) is 11.7 Å². The number of methoxy groups -OCH3 is 1. The van der Waals surface area contributed by atoms with Crippen LogP contribution in [0.15, 0.2) is 60.9 Å². The Kier molecular flexibility index (Phi) is 8.91. The number of carbonyl (C=O) groups is 1. The van der Waals surface area contributed by atoms with Gasteiger partial charge < -0.3 is 35.7 Å². The van der Waals surface area contributed by atoms with Gasteiger partial charge in [-0.05, 0) is 66.8 Å². The van der Waals surface area contributed by atoms with Crippen LogP contribution >= 0.6 is 0 Å². The summed E-state index contributed by atoms with van der Waals surface area (Å²) in [6.45, 7) is 9.28. The molecule has 10 heteroatoms. The maximum absolute atomic E-state index is 11.1. The second-order valence-electron chi connectivity index (χ2n) is 11.8. The number of hydrogen-bond donors (Lipinski definition) is 3. The molecule has 0 bridgehead atoms. The Morgan fingerprint density at radius 1 is 0.932 bits per heavy atom. The zero-order valence-electron chi connectivity index (χ0n) is 25.8. The monoisotopic (exact) mass is 597 g/mol. The predicted octanol–water partition coefficient (Wildman–Crippen LogP) is 5.97. The Labute approximate surface area is 257 Å². The second-order valence-corrected chi connectivity index (χ2v) is 11.8. The van der Waals surface area contributed by atoms with Crippen LogP contribution in [0.25, 0.3) is 22.3 Å². The number of nitrogens with one attached hydrogen (secondary N) is 1. The Balaban J connectivity index is 0.000000177. The van der Waals surface area contributed by atoms with Crippen LogP contribution in [0.1, 0.15) is 45.2 Å². The Morgan fingerprint density at radius 2 is 1.52 bits per heavy atom. The van der Waals surface area contributed by atoms with Crippen molar-refractivity contribution in [2.45, 2.75) is 52.9 Å². The van der Waals surface area contributed by atoms with Gasteiger partial charge in [-0.25, -0.2) is 9.97 Å². The van der Waals surface area contributed by atoms with Crippen LogP contribution in [0, 0.1) is 5.92 Å². The summed E-state index contributed by atoms with van der Waals surface area (Å²) in [5.74, 6) is 4.48. The predicted molar refractivity (Wildman–Crippen MR) is 171 cm³/mol. The molecule has 4 heterocycles. The molecule has 44 heavy (non-hydrogen) atoms. The molecule has 10 nitrogen and oxygen atoms in total. The number of amides is 1. The smallest absolute Gasteiger partial charge is 0.222 e. The molecule has 0 spiro atoms. The second kappa shape index (κ2) is 12.8. The third kappa shape index (κ3) is 7.20. The third-order valence-electron chi connectivity index (χ3n) is 7.24. The Bertz CT molecular complexity index is 1670. The van der Waals surface area contributed by atoms with Crippen LogP contribution in [-0.4, -0.2) is 35.1 Å². The molecule has 2 aromatic heterocycles. The summed E-state index contributed by atoms with van der Waals surface area (Å²) in [7, 11) is 1.64. The van der Waals surface area contributed by atoms with Gasteiger partial charge in [-0.1, -0.05) is 26.0 Å². The molecule has 0 fully saturated rings. The van der Waals surface area contributed by atoms with Crippen molar-refractivity contribution < 1.29 is 23.7 Å². The van der Waals surface area contributed by atoms with E-state index in [1.165, 1.54) is 6.92 Å². The van der Waals surface area contributed by atoms with E-state index in [0.717, 1.165) is 62.8 Å². The number of carbonyl (C=O) groups excluding carboxylic acids is 1. The average Bonchev–Trinajstić information content (AvgIpc) is 2.99. The summed E-state index contributed by atoms with van der Waals surface area (Å²) in [6.07, 6.45) is 4.22. The average molecular weight is 598 g/mol. The van der Waals surface area contributed by atoms with Crippen molar-refractivity contribution in [3.8, 4) is 45.3 Å². The SMILES string of the molecule is CC(C)C[C@](C)(N)COc1ccc2c(c1)COc1cnc(N)cc1-2.COc1ccc2c(c1)COc1cnc(NC(C)=O)cc1-2. The first kappa shape index (κ1) is 30.6. The number of ether oxygens (including phenoxy) is 4. The van der Waals surface area contributed by atoms with Crippen molar-refractivity contribution >= 4 is 17.5 Å². The molecule has 2 aliphatic heterocycles. The van der Waals surface area contributed by atoms with Gasteiger partial charge in [0.15, 0.2) is 0 Å². The summed E-state index contributed by atoms with van der Waals surface area (Å²) in [5.41, 5.74) is 18.0. The topological polar surface area (TPSA) is 144 Å². The van der Waals surface area contributed by atoms with Gasteiger partial charge in [0.05, 0.1) is 19.5 Å².